The number of aromatic nitrogens is 3. The number of ether oxygens (including phenoxy) is 1. The van der Waals surface area contributed by atoms with Gasteiger partial charge >= 0.3 is 0 Å². The molecule has 0 aliphatic heterocycles. The molecule has 0 radical (unpaired) electrons. The molecule has 1 N–H and O–H groups in total. The van der Waals surface area contributed by atoms with Crippen LogP contribution in [0.15, 0.2) is 6.33 Å². The van der Waals surface area contributed by atoms with Crippen molar-refractivity contribution < 1.29 is 4.74 Å². The molecule has 1 aromatic rings. The molecule has 5 heteroatoms. The van der Waals surface area contributed by atoms with Gasteiger partial charge in [0, 0.05) is 33.2 Å². The topological polar surface area (TPSA) is 52.0 Å². The molecule has 0 saturated heterocycles. The summed E-state index contributed by atoms with van der Waals surface area (Å²) in [5, 5.41) is 7.70. The monoisotopic (exact) mass is 226 g/mol. The van der Waals surface area contributed by atoms with Gasteiger partial charge in [0.15, 0.2) is 5.82 Å². The second-order valence-corrected chi connectivity index (χ2v) is 4.34. The Hall–Kier alpha value is -0.940. The smallest absolute Gasteiger partial charge is 0.151 e. The Kier molecular flexibility index (Phi) is 5.42. The number of rotatable bonds is 7. The van der Waals surface area contributed by atoms with Crippen LogP contribution in [0.25, 0.3) is 0 Å². The third-order valence-electron chi connectivity index (χ3n) is 2.55. The quantitative estimate of drug-likeness (QED) is 0.740. The predicted molar refractivity (Wildman–Crippen MR) is 63.2 cm³/mol. The molecule has 0 saturated carbocycles. The lowest BCUT2D eigenvalue weighted by Crippen LogP contribution is -2.38. The summed E-state index contributed by atoms with van der Waals surface area (Å²) in [6.45, 7) is 6.01. The first kappa shape index (κ1) is 13.1. The maximum Gasteiger partial charge on any atom is 0.151 e. The van der Waals surface area contributed by atoms with E-state index in [4.69, 9.17) is 4.74 Å². The molecule has 1 atom stereocenters. The summed E-state index contributed by atoms with van der Waals surface area (Å²) in [6, 6.07) is 0.397. The molecule has 0 amide bonds. The summed E-state index contributed by atoms with van der Waals surface area (Å²) in [5.74, 6) is 1.45. The zero-order valence-corrected chi connectivity index (χ0v) is 10.6. The Morgan fingerprint density at radius 2 is 2.25 bits per heavy atom. The van der Waals surface area contributed by atoms with E-state index in [1.165, 1.54) is 0 Å². The van der Waals surface area contributed by atoms with Gasteiger partial charge in [-0.15, -0.1) is 0 Å². The standard InChI is InChI=1S/C11H22N4O/c1-9(2)10(7-16-4)12-6-5-11-13-8-15(3)14-11/h8-10,12H,5-7H2,1-4H3. The van der Waals surface area contributed by atoms with Crippen molar-refractivity contribution in [2.75, 3.05) is 20.3 Å². The van der Waals surface area contributed by atoms with Crippen LogP contribution in [0.5, 0.6) is 0 Å². The third kappa shape index (κ3) is 4.28. The lowest BCUT2D eigenvalue weighted by molar-refractivity contribution is 0.147. The van der Waals surface area contributed by atoms with Crippen molar-refractivity contribution in [1.82, 2.24) is 20.1 Å². The number of hydrogen-bond donors (Lipinski definition) is 1. The van der Waals surface area contributed by atoms with Crippen molar-refractivity contribution in [2.45, 2.75) is 26.3 Å². The molecule has 0 aliphatic rings. The maximum absolute atomic E-state index is 5.17. The summed E-state index contributed by atoms with van der Waals surface area (Å²) in [5.41, 5.74) is 0. The maximum atomic E-state index is 5.17. The van der Waals surface area contributed by atoms with Gasteiger partial charge in [0.25, 0.3) is 0 Å². The van der Waals surface area contributed by atoms with Crippen LogP contribution in [0.1, 0.15) is 19.7 Å². The van der Waals surface area contributed by atoms with Gasteiger partial charge < -0.3 is 10.1 Å². The second-order valence-electron chi connectivity index (χ2n) is 4.34. The summed E-state index contributed by atoms with van der Waals surface area (Å²) >= 11 is 0. The summed E-state index contributed by atoms with van der Waals surface area (Å²) in [7, 11) is 3.61. The van der Waals surface area contributed by atoms with Crippen LogP contribution in [0.4, 0.5) is 0 Å². The molecule has 92 valence electrons. The fraction of sp³-hybridized carbons (Fsp3) is 0.818. The molecule has 1 rings (SSSR count). The lowest BCUT2D eigenvalue weighted by atomic mass is 10.1. The number of hydrogen-bond acceptors (Lipinski definition) is 4. The highest BCUT2D eigenvalue weighted by Crippen LogP contribution is 2.01. The first-order valence-corrected chi connectivity index (χ1v) is 5.70. The molecule has 16 heavy (non-hydrogen) atoms. The van der Waals surface area contributed by atoms with E-state index in [0.717, 1.165) is 25.4 Å². The van der Waals surface area contributed by atoms with Gasteiger partial charge in [-0.2, -0.15) is 5.10 Å². The van der Waals surface area contributed by atoms with Crippen LogP contribution in [0.3, 0.4) is 0 Å². The van der Waals surface area contributed by atoms with Crippen LogP contribution >= 0.6 is 0 Å². The molecule has 1 heterocycles. The van der Waals surface area contributed by atoms with Gasteiger partial charge in [0.1, 0.15) is 6.33 Å². The van der Waals surface area contributed by atoms with Crippen LogP contribution in [-0.4, -0.2) is 41.1 Å². The third-order valence-corrected chi connectivity index (χ3v) is 2.55. The SMILES string of the molecule is COCC(NCCc1ncn(C)n1)C(C)C. The van der Waals surface area contributed by atoms with Crippen molar-refractivity contribution in [3.63, 3.8) is 0 Å². The minimum atomic E-state index is 0.397. The molecule has 1 aromatic heterocycles. The predicted octanol–water partition coefficient (Wildman–Crippen LogP) is 0.618. The largest absolute Gasteiger partial charge is 0.383 e. The molecule has 5 nitrogen and oxygen atoms in total. The van der Waals surface area contributed by atoms with Crippen LogP contribution in [-0.2, 0) is 18.2 Å². The summed E-state index contributed by atoms with van der Waals surface area (Å²) < 4.78 is 6.90. The van der Waals surface area contributed by atoms with Crippen LogP contribution in [0, 0.1) is 5.92 Å². The highest BCUT2D eigenvalue weighted by atomic mass is 16.5. The zero-order valence-electron chi connectivity index (χ0n) is 10.6. The van der Waals surface area contributed by atoms with E-state index < -0.39 is 0 Å². The Bertz CT molecular complexity index is 298. The summed E-state index contributed by atoms with van der Waals surface area (Å²) in [6.07, 6.45) is 2.58. The fourth-order valence-electron chi connectivity index (χ4n) is 1.53. The summed E-state index contributed by atoms with van der Waals surface area (Å²) in [4.78, 5) is 4.18. The van der Waals surface area contributed by atoms with Crippen molar-refractivity contribution in [3.8, 4) is 0 Å². The van der Waals surface area contributed by atoms with Crippen LogP contribution < -0.4 is 5.32 Å². The Balaban J connectivity index is 2.27. The van der Waals surface area contributed by atoms with E-state index >= 15 is 0 Å². The average molecular weight is 226 g/mol. The number of nitrogens with one attached hydrogen (secondary N) is 1. The van der Waals surface area contributed by atoms with Gasteiger partial charge in [-0.05, 0) is 5.92 Å². The van der Waals surface area contributed by atoms with Gasteiger partial charge in [-0.3, -0.25) is 4.68 Å². The van der Waals surface area contributed by atoms with Crippen LogP contribution in [0.2, 0.25) is 0 Å². The molecular weight excluding hydrogens is 204 g/mol. The molecule has 0 fully saturated rings. The van der Waals surface area contributed by atoms with Crippen molar-refractivity contribution >= 4 is 0 Å². The van der Waals surface area contributed by atoms with Gasteiger partial charge in [0.2, 0.25) is 0 Å². The first-order valence-electron chi connectivity index (χ1n) is 5.70. The molecule has 0 aliphatic carbocycles. The Labute approximate surface area is 97.2 Å². The van der Waals surface area contributed by atoms with Crippen molar-refractivity contribution in [3.05, 3.63) is 12.2 Å². The minimum absolute atomic E-state index is 0.397. The van der Waals surface area contributed by atoms with E-state index in [0.29, 0.717) is 12.0 Å². The van der Waals surface area contributed by atoms with Gasteiger partial charge in [-0.1, -0.05) is 13.8 Å². The molecule has 1 unspecified atom stereocenters. The second kappa shape index (κ2) is 6.60. The van der Waals surface area contributed by atoms with Gasteiger partial charge in [-0.25, -0.2) is 4.98 Å². The van der Waals surface area contributed by atoms with E-state index in [1.807, 2.05) is 7.05 Å². The number of aryl methyl sites for hydroxylation is 1. The molecule has 0 bridgehead atoms. The molecule has 0 spiro atoms. The van der Waals surface area contributed by atoms with Gasteiger partial charge in [0.05, 0.1) is 6.61 Å². The lowest BCUT2D eigenvalue weighted by Gasteiger charge is -2.21. The number of nitrogens with zero attached hydrogens (tertiary/aromatic N) is 3. The highest BCUT2D eigenvalue weighted by molar-refractivity contribution is 4.83. The highest BCUT2D eigenvalue weighted by Gasteiger charge is 2.12. The Morgan fingerprint density at radius 1 is 1.50 bits per heavy atom. The zero-order chi connectivity index (χ0) is 12.0. The van der Waals surface area contributed by atoms with E-state index in [-0.39, 0.29) is 0 Å². The van der Waals surface area contributed by atoms with Crippen molar-refractivity contribution in [2.24, 2.45) is 13.0 Å². The minimum Gasteiger partial charge on any atom is -0.383 e. The van der Waals surface area contributed by atoms with E-state index in [1.54, 1.807) is 18.1 Å². The van der Waals surface area contributed by atoms with E-state index in [2.05, 4.69) is 29.2 Å². The normalized spacial score (nSPS) is 13.3. The Morgan fingerprint density at radius 3 is 2.75 bits per heavy atom. The molecule has 0 aromatic carbocycles. The molecular formula is C11H22N4O. The first-order chi connectivity index (χ1) is 7.63. The fourth-order valence-corrected chi connectivity index (χ4v) is 1.53. The number of methoxy groups -OCH3 is 1. The van der Waals surface area contributed by atoms with Crippen molar-refractivity contribution in [1.29, 1.82) is 0 Å². The average Bonchev–Trinajstić information content (AvgIpc) is 2.63. The van der Waals surface area contributed by atoms with E-state index in [9.17, 15) is 0 Å².